The largest absolute Gasteiger partial charge is 0.493 e. The molecule has 0 bridgehead atoms. The minimum absolute atomic E-state index is 0.0850. The van der Waals surface area contributed by atoms with Crippen LogP contribution in [0.1, 0.15) is 0 Å². The number of fused-ring (bicyclic) bond motifs is 1. The molecule has 0 radical (unpaired) electrons. The van der Waals surface area contributed by atoms with Gasteiger partial charge in [-0.15, -0.1) is 0 Å². The van der Waals surface area contributed by atoms with Gasteiger partial charge in [-0.3, -0.25) is 0 Å². The fourth-order valence-electron chi connectivity index (χ4n) is 3.25. The van der Waals surface area contributed by atoms with Crippen LogP contribution in [0.15, 0.2) is 76.7 Å². The monoisotopic (exact) mass is 451 g/mol. The summed E-state index contributed by atoms with van der Waals surface area (Å²) in [5.74, 6) is 1.33. The molecule has 0 saturated carbocycles. The average Bonchev–Trinajstić information content (AvgIpc) is 2.83. The standard InChI is InChI=1S/C23H21N3O5S/c1-29-19-13-15(14-20(30-2)21(19)31-3)24-22-23(26-18-12-8-7-11-17(18)25-22)32(27,28)16-9-5-4-6-10-16/h4-14H,1-3H3,(H,24,25). The van der Waals surface area contributed by atoms with E-state index in [1.165, 1.54) is 33.5 Å². The summed E-state index contributed by atoms with van der Waals surface area (Å²) >= 11 is 0. The molecule has 0 aliphatic carbocycles. The number of aromatic nitrogens is 2. The van der Waals surface area contributed by atoms with Gasteiger partial charge in [-0.25, -0.2) is 18.4 Å². The third-order valence-corrected chi connectivity index (χ3v) is 6.46. The molecule has 0 fully saturated rings. The number of hydrogen-bond donors (Lipinski definition) is 1. The Bertz CT molecular complexity index is 1350. The van der Waals surface area contributed by atoms with Crippen molar-refractivity contribution in [1.29, 1.82) is 0 Å². The summed E-state index contributed by atoms with van der Waals surface area (Å²) in [7, 11) is 0.562. The van der Waals surface area contributed by atoms with Crippen molar-refractivity contribution in [1.82, 2.24) is 9.97 Å². The van der Waals surface area contributed by atoms with E-state index in [1.807, 2.05) is 6.07 Å². The van der Waals surface area contributed by atoms with Crippen molar-refractivity contribution < 1.29 is 22.6 Å². The van der Waals surface area contributed by atoms with Crippen LogP contribution in [0.2, 0.25) is 0 Å². The number of ether oxygens (including phenoxy) is 3. The van der Waals surface area contributed by atoms with E-state index in [1.54, 1.807) is 48.5 Å². The molecule has 3 aromatic carbocycles. The van der Waals surface area contributed by atoms with Crippen molar-refractivity contribution in [2.75, 3.05) is 26.6 Å². The Morgan fingerprint density at radius 3 is 1.88 bits per heavy atom. The van der Waals surface area contributed by atoms with Gasteiger partial charge in [0, 0.05) is 17.8 Å². The molecule has 0 aliphatic rings. The SMILES string of the molecule is COc1cc(Nc2nc3ccccc3nc2S(=O)(=O)c2ccccc2)cc(OC)c1OC. The molecule has 9 heteroatoms. The van der Waals surface area contributed by atoms with Gasteiger partial charge in [-0.2, -0.15) is 0 Å². The normalized spacial score (nSPS) is 11.2. The maximum atomic E-state index is 13.4. The molecule has 4 rings (SSSR count). The van der Waals surface area contributed by atoms with Gasteiger partial charge in [0.1, 0.15) is 0 Å². The van der Waals surface area contributed by atoms with E-state index >= 15 is 0 Å². The van der Waals surface area contributed by atoms with E-state index in [0.29, 0.717) is 34.0 Å². The van der Waals surface area contributed by atoms with Crippen molar-refractivity contribution in [3.8, 4) is 17.2 Å². The fourth-order valence-corrected chi connectivity index (χ4v) is 4.56. The molecular formula is C23H21N3O5S. The van der Waals surface area contributed by atoms with Gasteiger partial charge < -0.3 is 19.5 Å². The van der Waals surface area contributed by atoms with E-state index in [2.05, 4.69) is 15.3 Å². The number of benzene rings is 3. The summed E-state index contributed by atoms with van der Waals surface area (Å²) in [5.41, 5.74) is 1.51. The van der Waals surface area contributed by atoms with Crippen molar-refractivity contribution in [2.24, 2.45) is 0 Å². The number of rotatable bonds is 7. The Balaban J connectivity index is 1.90. The first-order valence-corrected chi connectivity index (χ1v) is 11.1. The van der Waals surface area contributed by atoms with Gasteiger partial charge in [0.15, 0.2) is 17.3 Å². The van der Waals surface area contributed by atoms with Crippen molar-refractivity contribution in [3.63, 3.8) is 0 Å². The second kappa shape index (κ2) is 8.72. The molecule has 1 heterocycles. The molecule has 4 aromatic rings. The number of nitrogens with one attached hydrogen (secondary N) is 1. The number of methoxy groups -OCH3 is 3. The highest BCUT2D eigenvalue weighted by molar-refractivity contribution is 7.91. The molecule has 0 unspecified atom stereocenters. The highest BCUT2D eigenvalue weighted by Gasteiger charge is 2.26. The fraction of sp³-hybridized carbons (Fsp3) is 0.130. The smallest absolute Gasteiger partial charge is 0.227 e. The molecule has 164 valence electrons. The first-order chi connectivity index (χ1) is 15.5. The zero-order valence-corrected chi connectivity index (χ0v) is 18.5. The van der Waals surface area contributed by atoms with E-state index in [4.69, 9.17) is 14.2 Å². The lowest BCUT2D eigenvalue weighted by Gasteiger charge is -2.16. The van der Waals surface area contributed by atoms with Crippen LogP contribution in [0, 0.1) is 0 Å². The lowest BCUT2D eigenvalue weighted by molar-refractivity contribution is 0.324. The van der Waals surface area contributed by atoms with Gasteiger partial charge >= 0.3 is 0 Å². The minimum atomic E-state index is -3.95. The van der Waals surface area contributed by atoms with Gasteiger partial charge in [0.25, 0.3) is 0 Å². The first-order valence-electron chi connectivity index (χ1n) is 9.62. The molecule has 32 heavy (non-hydrogen) atoms. The maximum Gasteiger partial charge on any atom is 0.227 e. The number of anilines is 2. The molecule has 0 spiro atoms. The van der Waals surface area contributed by atoms with Crippen LogP contribution < -0.4 is 19.5 Å². The van der Waals surface area contributed by atoms with Crippen molar-refractivity contribution in [2.45, 2.75) is 9.92 Å². The molecule has 0 atom stereocenters. The second-order valence-corrected chi connectivity index (χ2v) is 8.59. The Labute approximate surface area is 185 Å². The molecule has 0 amide bonds. The summed E-state index contributed by atoms with van der Waals surface area (Å²) in [4.78, 5) is 9.11. The molecular weight excluding hydrogens is 430 g/mol. The van der Waals surface area contributed by atoms with Crippen LogP contribution in [0.5, 0.6) is 17.2 Å². The van der Waals surface area contributed by atoms with Gasteiger partial charge in [-0.1, -0.05) is 30.3 Å². The van der Waals surface area contributed by atoms with E-state index in [-0.39, 0.29) is 15.7 Å². The number of sulfone groups is 1. The molecule has 0 aliphatic heterocycles. The van der Waals surface area contributed by atoms with E-state index in [9.17, 15) is 8.42 Å². The van der Waals surface area contributed by atoms with Crippen molar-refractivity contribution in [3.05, 3.63) is 66.7 Å². The Kier molecular flexibility index (Phi) is 5.83. The summed E-state index contributed by atoms with van der Waals surface area (Å²) in [5, 5.41) is 2.89. The average molecular weight is 452 g/mol. The number of nitrogens with zero attached hydrogens (tertiary/aromatic N) is 2. The highest BCUT2D eigenvalue weighted by Crippen LogP contribution is 2.41. The van der Waals surface area contributed by atoms with Crippen LogP contribution in [0.25, 0.3) is 11.0 Å². The zero-order valence-electron chi connectivity index (χ0n) is 17.7. The Morgan fingerprint density at radius 1 is 0.750 bits per heavy atom. The van der Waals surface area contributed by atoms with Crippen LogP contribution in [-0.4, -0.2) is 39.7 Å². The van der Waals surface area contributed by atoms with E-state index in [0.717, 1.165) is 0 Å². The zero-order chi connectivity index (χ0) is 22.7. The van der Waals surface area contributed by atoms with Gasteiger partial charge in [-0.05, 0) is 24.3 Å². The summed E-state index contributed by atoms with van der Waals surface area (Å²) in [6.07, 6.45) is 0. The third-order valence-electron chi connectivity index (χ3n) is 4.77. The van der Waals surface area contributed by atoms with Gasteiger partial charge in [0.05, 0.1) is 37.3 Å². The van der Waals surface area contributed by atoms with Crippen molar-refractivity contribution >= 4 is 32.4 Å². The molecule has 0 saturated heterocycles. The predicted molar refractivity (Wildman–Crippen MR) is 121 cm³/mol. The summed E-state index contributed by atoms with van der Waals surface area (Å²) in [6.45, 7) is 0. The Morgan fingerprint density at radius 2 is 1.31 bits per heavy atom. The quantitative estimate of drug-likeness (QED) is 0.446. The Hall–Kier alpha value is -3.85. The maximum absolute atomic E-state index is 13.4. The third kappa shape index (κ3) is 3.90. The van der Waals surface area contributed by atoms with Crippen LogP contribution >= 0.6 is 0 Å². The van der Waals surface area contributed by atoms with Crippen LogP contribution in [0.3, 0.4) is 0 Å². The summed E-state index contributed by atoms with van der Waals surface area (Å²) < 4.78 is 43.0. The number of hydrogen-bond acceptors (Lipinski definition) is 8. The summed E-state index contributed by atoms with van der Waals surface area (Å²) in [6, 6.07) is 18.5. The topological polar surface area (TPSA) is 99.6 Å². The molecule has 1 aromatic heterocycles. The van der Waals surface area contributed by atoms with Crippen LogP contribution in [0.4, 0.5) is 11.5 Å². The molecule has 1 N–H and O–H groups in total. The second-order valence-electron chi connectivity index (χ2n) is 6.72. The lowest BCUT2D eigenvalue weighted by Crippen LogP contribution is -2.10. The molecule has 8 nitrogen and oxygen atoms in total. The predicted octanol–water partition coefficient (Wildman–Crippen LogP) is 4.23. The minimum Gasteiger partial charge on any atom is -0.493 e. The van der Waals surface area contributed by atoms with E-state index < -0.39 is 9.84 Å². The lowest BCUT2D eigenvalue weighted by atomic mass is 10.2. The van der Waals surface area contributed by atoms with Crippen LogP contribution in [-0.2, 0) is 9.84 Å². The first kappa shape index (κ1) is 21.4. The number of para-hydroxylation sites is 2. The highest BCUT2D eigenvalue weighted by atomic mass is 32.2. The van der Waals surface area contributed by atoms with Gasteiger partial charge in [0.2, 0.25) is 20.6 Å².